The van der Waals surface area contributed by atoms with Crippen molar-refractivity contribution in [3.63, 3.8) is 0 Å². The van der Waals surface area contributed by atoms with Crippen LogP contribution in [0.4, 0.5) is 11.6 Å². The summed E-state index contributed by atoms with van der Waals surface area (Å²) in [5, 5.41) is 16.6. The third-order valence-electron chi connectivity index (χ3n) is 4.23. The average Bonchev–Trinajstić information content (AvgIpc) is 3.31. The van der Waals surface area contributed by atoms with E-state index in [9.17, 15) is 9.90 Å². The maximum absolute atomic E-state index is 11.6. The van der Waals surface area contributed by atoms with Crippen molar-refractivity contribution in [2.75, 3.05) is 30.4 Å². The van der Waals surface area contributed by atoms with Gasteiger partial charge in [0.1, 0.15) is 18.0 Å². The summed E-state index contributed by atoms with van der Waals surface area (Å²) in [4.78, 5) is 22.2. The highest BCUT2D eigenvalue weighted by molar-refractivity contribution is 5.76. The minimum Gasteiger partial charge on any atom is -0.388 e. The fourth-order valence-corrected chi connectivity index (χ4v) is 2.88. The molecule has 0 radical (unpaired) electrons. The molecular formula is C15H23N5O2. The number of rotatable bonds is 5. The van der Waals surface area contributed by atoms with Crippen LogP contribution in [0, 0.1) is 0 Å². The van der Waals surface area contributed by atoms with Gasteiger partial charge in [-0.3, -0.25) is 4.79 Å². The number of β-amino-alcohol motifs (C(OH)–C–C–N with tert-alkyl or cyclic N) is 1. The number of piperidine rings is 1. The molecule has 3 N–H and O–H groups in total. The first kappa shape index (κ1) is 15.0. The van der Waals surface area contributed by atoms with E-state index in [0.29, 0.717) is 19.0 Å². The van der Waals surface area contributed by atoms with Crippen LogP contribution >= 0.6 is 0 Å². The van der Waals surface area contributed by atoms with Crippen molar-refractivity contribution in [1.82, 2.24) is 15.3 Å². The van der Waals surface area contributed by atoms with Crippen LogP contribution in [0.15, 0.2) is 12.4 Å². The van der Waals surface area contributed by atoms with E-state index in [1.807, 2.05) is 11.0 Å². The van der Waals surface area contributed by atoms with Gasteiger partial charge in [-0.2, -0.15) is 0 Å². The van der Waals surface area contributed by atoms with Crippen LogP contribution in [0.2, 0.25) is 0 Å². The second-order valence-electron chi connectivity index (χ2n) is 6.28. The van der Waals surface area contributed by atoms with Crippen molar-refractivity contribution >= 4 is 17.5 Å². The minimum atomic E-state index is -0.993. The zero-order valence-electron chi connectivity index (χ0n) is 12.9. The second kappa shape index (κ2) is 6.08. The van der Waals surface area contributed by atoms with Crippen LogP contribution in [0.5, 0.6) is 0 Å². The van der Waals surface area contributed by atoms with Gasteiger partial charge < -0.3 is 20.6 Å². The van der Waals surface area contributed by atoms with E-state index in [4.69, 9.17) is 0 Å². The first-order chi connectivity index (χ1) is 10.6. The van der Waals surface area contributed by atoms with E-state index in [-0.39, 0.29) is 12.3 Å². The molecule has 3 rings (SSSR count). The summed E-state index contributed by atoms with van der Waals surface area (Å²) >= 11 is 0. The van der Waals surface area contributed by atoms with E-state index in [1.54, 1.807) is 13.4 Å². The smallest absolute Gasteiger partial charge is 0.222 e. The number of carbonyl (C=O) groups is 1. The number of nitrogens with one attached hydrogen (secondary N) is 2. The number of nitrogens with zero attached hydrogens (tertiary/aromatic N) is 3. The van der Waals surface area contributed by atoms with Crippen LogP contribution in [-0.2, 0) is 4.79 Å². The summed E-state index contributed by atoms with van der Waals surface area (Å²) in [5.41, 5.74) is -0.993. The summed E-state index contributed by atoms with van der Waals surface area (Å²) in [6.45, 7) is 1.25. The van der Waals surface area contributed by atoms with Crippen molar-refractivity contribution in [2.24, 2.45) is 0 Å². The van der Waals surface area contributed by atoms with Crippen molar-refractivity contribution in [3.05, 3.63) is 12.4 Å². The maximum atomic E-state index is 11.6. The lowest BCUT2D eigenvalue weighted by atomic mass is 9.89. The Balaban J connectivity index is 1.69. The molecule has 1 saturated carbocycles. The first-order valence-corrected chi connectivity index (χ1v) is 7.84. The fraction of sp³-hybridized carbons (Fsp3) is 0.667. The summed E-state index contributed by atoms with van der Waals surface area (Å²) in [5.74, 6) is 1.49. The van der Waals surface area contributed by atoms with Crippen LogP contribution in [0.3, 0.4) is 0 Å². The summed E-state index contributed by atoms with van der Waals surface area (Å²) < 4.78 is 0. The Morgan fingerprint density at radius 3 is 3.05 bits per heavy atom. The molecule has 7 nitrogen and oxygen atoms in total. The first-order valence-electron chi connectivity index (χ1n) is 7.84. The molecule has 22 heavy (non-hydrogen) atoms. The fourth-order valence-electron chi connectivity index (χ4n) is 2.88. The summed E-state index contributed by atoms with van der Waals surface area (Å²) in [7, 11) is 1.59. The molecule has 0 aromatic carbocycles. The molecule has 1 unspecified atom stereocenters. The topological polar surface area (TPSA) is 90.4 Å². The average molecular weight is 305 g/mol. The zero-order valence-corrected chi connectivity index (χ0v) is 12.9. The predicted molar refractivity (Wildman–Crippen MR) is 83.8 cm³/mol. The molecule has 1 aromatic rings. The standard InChI is InChI=1S/C15H23N5O2/c1-16-14(21)8-15(22)5-2-6-20(9-15)13-7-12(17-10-18-13)19-11-3-4-11/h7,10-11,22H,2-6,8-9H2,1H3,(H,16,21)(H,17,18,19). The SMILES string of the molecule is CNC(=O)CC1(O)CCCN(c2cc(NC3CC3)ncn2)C1. The Kier molecular flexibility index (Phi) is 4.15. The molecule has 1 saturated heterocycles. The van der Waals surface area contributed by atoms with Gasteiger partial charge in [0, 0.05) is 32.2 Å². The monoisotopic (exact) mass is 305 g/mol. The number of hydrogen-bond acceptors (Lipinski definition) is 6. The molecular weight excluding hydrogens is 282 g/mol. The molecule has 7 heteroatoms. The van der Waals surface area contributed by atoms with Gasteiger partial charge in [-0.1, -0.05) is 0 Å². The van der Waals surface area contributed by atoms with E-state index < -0.39 is 5.60 Å². The number of aromatic nitrogens is 2. The Morgan fingerprint density at radius 2 is 2.32 bits per heavy atom. The highest BCUT2D eigenvalue weighted by atomic mass is 16.3. The van der Waals surface area contributed by atoms with Gasteiger partial charge in [-0.25, -0.2) is 9.97 Å². The highest BCUT2D eigenvalue weighted by Crippen LogP contribution is 2.29. The molecule has 1 aromatic heterocycles. The van der Waals surface area contributed by atoms with Gasteiger partial charge in [-0.05, 0) is 25.7 Å². The molecule has 1 atom stereocenters. The van der Waals surface area contributed by atoms with E-state index in [1.165, 1.54) is 12.8 Å². The molecule has 1 aliphatic heterocycles. The minimum absolute atomic E-state index is 0.123. The van der Waals surface area contributed by atoms with Gasteiger partial charge in [0.2, 0.25) is 5.91 Å². The van der Waals surface area contributed by atoms with Crippen molar-refractivity contribution in [1.29, 1.82) is 0 Å². The van der Waals surface area contributed by atoms with Gasteiger partial charge in [0.15, 0.2) is 0 Å². The van der Waals surface area contributed by atoms with E-state index in [0.717, 1.165) is 24.6 Å². The molecule has 2 heterocycles. The van der Waals surface area contributed by atoms with Crippen molar-refractivity contribution in [3.8, 4) is 0 Å². The van der Waals surface area contributed by atoms with Gasteiger partial charge >= 0.3 is 0 Å². The molecule has 0 bridgehead atoms. The molecule has 2 aliphatic rings. The normalized spacial score (nSPS) is 24.9. The third kappa shape index (κ3) is 3.65. The zero-order chi connectivity index (χ0) is 15.6. The molecule has 1 aliphatic carbocycles. The predicted octanol–water partition coefficient (Wildman–Crippen LogP) is 0.518. The van der Waals surface area contributed by atoms with Crippen molar-refractivity contribution < 1.29 is 9.90 Å². The van der Waals surface area contributed by atoms with E-state index >= 15 is 0 Å². The molecule has 120 valence electrons. The second-order valence-corrected chi connectivity index (χ2v) is 6.28. The molecule has 2 fully saturated rings. The Bertz CT molecular complexity index is 548. The van der Waals surface area contributed by atoms with Crippen molar-refractivity contribution in [2.45, 2.75) is 43.7 Å². The largest absolute Gasteiger partial charge is 0.388 e. The maximum Gasteiger partial charge on any atom is 0.222 e. The number of anilines is 2. The lowest BCUT2D eigenvalue weighted by Crippen LogP contribution is -2.50. The number of hydrogen-bond donors (Lipinski definition) is 3. The number of aliphatic hydroxyl groups is 1. The van der Waals surface area contributed by atoms with Gasteiger partial charge in [0.25, 0.3) is 0 Å². The van der Waals surface area contributed by atoms with Gasteiger partial charge in [-0.15, -0.1) is 0 Å². The Hall–Kier alpha value is -1.89. The molecule has 0 spiro atoms. The molecule has 1 amide bonds. The summed E-state index contributed by atoms with van der Waals surface area (Å²) in [6.07, 6.45) is 5.52. The Labute approximate surface area is 130 Å². The lowest BCUT2D eigenvalue weighted by Gasteiger charge is -2.39. The van der Waals surface area contributed by atoms with Crippen LogP contribution in [0.25, 0.3) is 0 Å². The van der Waals surface area contributed by atoms with Crippen LogP contribution in [-0.4, -0.2) is 52.8 Å². The van der Waals surface area contributed by atoms with E-state index in [2.05, 4.69) is 20.6 Å². The quantitative estimate of drug-likeness (QED) is 0.735. The number of amides is 1. The summed E-state index contributed by atoms with van der Waals surface area (Å²) in [6, 6.07) is 2.46. The lowest BCUT2D eigenvalue weighted by molar-refractivity contribution is -0.125. The van der Waals surface area contributed by atoms with Crippen LogP contribution < -0.4 is 15.5 Å². The highest BCUT2D eigenvalue weighted by Gasteiger charge is 2.35. The number of carbonyl (C=O) groups excluding carboxylic acids is 1. The van der Waals surface area contributed by atoms with Crippen LogP contribution in [0.1, 0.15) is 32.1 Å². The Morgan fingerprint density at radius 1 is 1.50 bits per heavy atom. The van der Waals surface area contributed by atoms with Gasteiger partial charge in [0.05, 0.1) is 12.0 Å². The third-order valence-corrected chi connectivity index (χ3v) is 4.23.